The number of likely N-dealkylation sites (tertiary alicyclic amines) is 1. The van der Waals surface area contributed by atoms with E-state index in [1.807, 2.05) is 0 Å². The molecule has 0 unspecified atom stereocenters. The third-order valence-electron chi connectivity index (χ3n) is 5.16. The Bertz CT molecular complexity index is 1150. The fourth-order valence-electron chi connectivity index (χ4n) is 3.69. The molecule has 2 aromatic carbocycles. The van der Waals surface area contributed by atoms with Crippen molar-refractivity contribution in [3.8, 4) is 0 Å². The number of aromatic amines is 1. The maximum Gasteiger partial charge on any atom is 0.329 e. The normalized spacial score (nSPS) is 19.3. The van der Waals surface area contributed by atoms with Gasteiger partial charge in [0.15, 0.2) is 0 Å². The Morgan fingerprint density at radius 3 is 2.54 bits per heavy atom. The van der Waals surface area contributed by atoms with Crippen molar-refractivity contribution in [3.63, 3.8) is 0 Å². The van der Waals surface area contributed by atoms with Crippen LogP contribution in [0.1, 0.15) is 22.0 Å². The van der Waals surface area contributed by atoms with Crippen LogP contribution >= 0.6 is 0 Å². The summed E-state index contributed by atoms with van der Waals surface area (Å²) in [5.74, 6) is -0.230. The van der Waals surface area contributed by atoms with Crippen LogP contribution in [0.3, 0.4) is 0 Å². The number of carbonyl (C=O) groups excluding carboxylic acids is 1. The molecule has 1 aromatic heterocycles. The van der Waals surface area contributed by atoms with Crippen LogP contribution in [0.4, 0.5) is 0 Å². The van der Waals surface area contributed by atoms with Crippen molar-refractivity contribution in [3.05, 3.63) is 80.5 Å². The van der Waals surface area contributed by atoms with Crippen LogP contribution in [0.25, 0.3) is 10.9 Å². The van der Waals surface area contributed by atoms with E-state index in [0.29, 0.717) is 23.0 Å². The van der Waals surface area contributed by atoms with Crippen molar-refractivity contribution < 1.29 is 9.90 Å². The summed E-state index contributed by atoms with van der Waals surface area (Å²) >= 11 is 0. The number of β-amino-alcohol motifs (C(OH)–C–C–N with tert-alkyl or cyclic N) is 1. The maximum atomic E-state index is 12.8. The number of benzene rings is 2. The minimum atomic E-state index is -0.931. The lowest BCUT2D eigenvalue weighted by Gasteiger charge is -2.19. The topological polar surface area (TPSA) is 121 Å². The Morgan fingerprint density at radius 1 is 1.11 bits per heavy atom. The molecular weight excluding hydrogens is 360 g/mol. The summed E-state index contributed by atoms with van der Waals surface area (Å²) in [6.45, 7) is 0.651. The molecule has 1 fully saturated rings. The van der Waals surface area contributed by atoms with Gasteiger partial charge in [0.05, 0.1) is 23.0 Å². The van der Waals surface area contributed by atoms with Crippen molar-refractivity contribution in [1.29, 1.82) is 0 Å². The lowest BCUT2D eigenvalue weighted by molar-refractivity contribution is 0.0764. The highest BCUT2D eigenvalue weighted by molar-refractivity contribution is 5.94. The summed E-state index contributed by atoms with van der Waals surface area (Å²) in [4.78, 5) is 41.2. The lowest BCUT2D eigenvalue weighted by Crippen LogP contribution is -2.37. The van der Waals surface area contributed by atoms with E-state index in [0.717, 1.165) is 5.56 Å². The third-order valence-corrected chi connectivity index (χ3v) is 5.16. The predicted octanol–water partition coefficient (Wildman–Crippen LogP) is 0.207. The number of rotatable bonds is 3. The highest BCUT2D eigenvalue weighted by Crippen LogP contribution is 2.25. The first-order valence-electron chi connectivity index (χ1n) is 8.99. The van der Waals surface area contributed by atoms with Gasteiger partial charge in [0, 0.05) is 25.2 Å². The Kier molecular flexibility index (Phi) is 4.58. The van der Waals surface area contributed by atoms with Crippen LogP contribution in [-0.4, -0.2) is 44.7 Å². The average Bonchev–Trinajstić information content (AvgIpc) is 3.09. The number of hydrogen-bond acceptors (Lipinski definition) is 5. The molecule has 0 bridgehead atoms. The number of aliphatic hydroxyl groups is 1. The summed E-state index contributed by atoms with van der Waals surface area (Å²) in [5.41, 5.74) is 6.35. The number of fused-ring (bicyclic) bond motifs is 1. The number of aliphatic hydroxyl groups excluding tert-OH is 1. The largest absolute Gasteiger partial charge is 0.389 e. The second-order valence-electron chi connectivity index (χ2n) is 6.89. The van der Waals surface area contributed by atoms with E-state index in [2.05, 4.69) is 4.98 Å². The molecule has 8 heteroatoms. The molecule has 0 saturated carbocycles. The monoisotopic (exact) mass is 380 g/mol. The minimum absolute atomic E-state index is 0.0992. The first-order chi connectivity index (χ1) is 13.5. The van der Waals surface area contributed by atoms with Gasteiger partial charge in [-0.05, 0) is 29.8 Å². The second-order valence-corrected chi connectivity index (χ2v) is 6.89. The molecule has 8 nitrogen and oxygen atoms in total. The summed E-state index contributed by atoms with van der Waals surface area (Å²) in [6, 6.07) is 13.0. The first kappa shape index (κ1) is 18.1. The molecule has 1 amide bonds. The van der Waals surface area contributed by atoms with Crippen LogP contribution in [0, 0.1) is 0 Å². The Balaban J connectivity index is 1.68. The molecule has 0 radical (unpaired) electrons. The Hall–Kier alpha value is -3.23. The molecule has 144 valence electrons. The SMILES string of the molecule is NCc1ccc(C(=O)N2C[C@H](O)[C@@H](n3c(=O)[nH]c(=O)c4ccccc43)C2)cc1. The minimum Gasteiger partial charge on any atom is -0.389 e. The second kappa shape index (κ2) is 7.06. The van der Waals surface area contributed by atoms with E-state index < -0.39 is 23.4 Å². The molecule has 28 heavy (non-hydrogen) atoms. The van der Waals surface area contributed by atoms with E-state index in [4.69, 9.17) is 5.73 Å². The lowest BCUT2D eigenvalue weighted by atomic mass is 10.1. The van der Waals surface area contributed by atoms with Gasteiger partial charge in [0.25, 0.3) is 11.5 Å². The van der Waals surface area contributed by atoms with Gasteiger partial charge in [0.2, 0.25) is 0 Å². The Morgan fingerprint density at radius 2 is 1.82 bits per heavy atom. The van der Waals surface area contributed by atoms with Crippen LogP contribution in [0.15, 0.2) is 58.1 Å². The summed E-state index contributed by atoms with van der Waals surface area (Å²) in [5, 5.41) is 10.9. The number of nitrogens with two attached hydrogens (primary N) is 1. The zero-order chi connectivity index (χ0) is 19.8. The standard InChI is InChI=1S/C20H20N4O4/c21-9-12-5-7-13(8-6-12)19(27)23-10-16(17(25)11-23)24-15-4-2-1-3-14(15)18(26)22-20(24)28/h1-8,16-17,25H,9-11,21H2,(H,22,26,28)/t16-,17-/m0/s1. The number of carbonyl (C=O) groups is 1. The molecule has 1 aliphatic heterocycles. The maximum absolute atomic E-state index is 12.8. The predicted molar refractivity (Wildman–Crippen MR) is 104 cm³/mol. The third kappa shape index (κ3) is 3.02. The van der Waals surface area contributed by atoms with E-state index in [1.165, 1.54) is 9.47 Å². The van der Waals surface area contributed by atoms with Gasteiger partial charge in [-0.25, -0.2) is 4.79 Å². The van der Waals surface area contributed by atoms with Crippen LogP contribution in [-0.2, 0) is 6.54 Å². The molecule has 3 aromatic rings. The van der Waals surface area contributed by atoms with Crippen molar-refractivity contribution in [1.82, 2.24) is 14.5 Å². The molecule has 4 rings (SSSR count). The van der Waals surface area contributed by atoms with Crippen LogP contribution < -0.4 is 17.0 Å². The van der Waals surface area contributed by atoms with Crippen LogP contribution in [0.5, 0.6) is 0 Å². The van der Waals surface area contributed by atoms with Gasteiger partial charge in [-0.1, -0.05) is 24.3 Å². The zero-order valence-electron chi connectivity index (χ0n) is 15.0. The summed E-state index contributed by atoms with van der Waals surface area (Å²) in [6.07, 6.45) is -0.931. The number of nitrogens with one attached hydrogen (secondary N) is 1. The number of amides is 1. The van der Waals surface area contributed by atoms with Gasteiger partial charge in [0.1, 0.15) is 0 Å². The van der Waals surface area contributed by atoms with E-state index in [-0.39, 0.29) is 19.0 Å². The fourth-order valence-corrected chi connectivity index (χ4v) is 3.69. The van der Waals surface area contributed by atoms with Crippen molar-refractivity contribution >= 4 is 16.8 Å². The molecule has 4 N–H and O–H groups in total. The fraction of sp³-hybridized carbons (Fsp3) is 0.250. The molecule has 0 spiro atoms. The number of para-hydroxylation sites is 1. The van der Waals surface area contributed by atoms with Gasteiger partial charge in [-0.15, -0.1) is 0 Å². The first-order valence-corrected chi connectivity index (χ1v) is 8.99. The molecule has 0 aliphatic carbocycles. The highest BCUT2D eigenvalue weighted by atomic mass is 16.3. The number of H-pyrrole nitrogens is 1. The molecule has 1 aliphatic rings. The number of aromatic nitrogens is 2. The van der Waals surface area contributed by atoms with Crippen LogP contribution in [0.2, 0.25) is 0 Å². The highest BCUT2D eigenvalue weighted by Gasteiger charge is 2.37. The van der Waals surface area contributed by atoms with Gasteiger partial charge >= 0.3 is 5.69 Å². The molecule has 2 heterocycles. The van der Waals surface area contributed by atoms with Crippen molar-refractivity contribution in [2.75, 3.05) is 13.1 Å². The summed E-state index contributed by atoms with van der Waals surface area (Å²) < 4.78 is 1.37. The van der Waals surface area contributed by atoms with E-state index in [1.54, 1.807) is 48.5 Å². The van der Waals surface area contributed by atoms with E-state index >= 15 is 0 Å². The van der Waals surface area contributed by atoms with Gasteiger partial charge < -0.3 is 15.7 Å². The molecule has 2 atom stereocenters. The zero-order valence-corrected chi connectivity index (χ0v) is 15.0. The van der Waals surface area contributed by atoms with E-state index in [9.17, 15) is 19.5 Å². The number of hydrogen-bond donors (Lipinski definition) is 3. The van der Waals surface area contributed by atoms with Crippen molar-refractivity contribution in [2.24, 2.45) is 5.73 Å². The quantitative estimate of drug-likeness (QED) is 0.600. The molecule has 1 saturated heterocycles. The van der Waals surface area contributed by atoms with Gasteiger partial charge in [-0.2, -0.15) is 0 Å². The average molecular weight is 380 g/mol. The van der Waals surface area contributed by atoms with Crippen molar-refractivity contribution in [2.45, 2.75) is 18.7 Å². The number of nitrogens with zero attached hydrogens (tertiary/aromatic N) is 2. The smallest absolute Gasteiger partial charge is 0.329 e. The molecular formula is C20H20N4O4. The summed E-state index contributed by atoms with van der Waals surface area (Å²) in [7, 11) is 0. The Labute approximate surface area is 159 Å². The van der Waals surface area contributed by atoms with Gasteiger partial charge in [-0.3, -0.25) is 19.1 Å².